The molecule has 0 aromatic carbocycles. The fourth-order valence-corrected chi connectivity index (χ4v) is 1.06. The van der Waals surface area contributed by atoms with Crippen molar-refractivity contribution >= 4 is 0 Å². The highest BCUT2D eigenvalue weighted by Gasteiger charge is 2.06. The maximum Gasteiger partial charge on any atom is 0.167 e. The molecule has 1 atom stereocenters. The molecule has 1 aromatic heterocycles. The third-order valence-electron chi connectivity index (χ3n) is 1.65. The van der Waals surface area contributed by atoms with E-state index in [0.717, 1.165) is 12.1 Å². The zero-order chi connectivity index (χ0) is 9.84. The van der Waals surface area contributed by atoms with Gasteiger partial charge < -0.3 is 5.73 Å². The molecule has 1 aromatic rings. The fourth-order valence-electron chi connectivity index (χ4n) is 1.06. The molecule has 0 saturated carbocycles. The van der Waals surface area contributed by atoms with Gasteiger partial charge in [0.15, 0.2) is 5.82 Å². The molecule has 0 aliphatic rings. The average Bonchev–Trinajstić information content (AvgIpc) is 2.03. The monoisotopic (exact) mass is 180 g/mol. The minimum atomic E-state index is -0.139. The molecule has 0 amide bonds. The molecule has 4 nitrogen and oxygen atoms in total. The van der Waals surface area contributed by atoms with E-state index in [1.807, 2.05) is 6.92 Å². The third-order valence-corrected chi connectivity index (χ3v) is 1.65. The van der Waals surface area contributed by atoms with E-state index >= 15 is 0 Å². The topological polar surface area (TPSA) is 64.7 Å². The van der Waals surface area contributed by atoms with Crippen LogP contribution in [0.1, 0.15) is 38.3 Å². The minimum Gasteiger partial charge on any atom is -0.321 e. The van der Waals surface area contributed by atoms with Gasteiger partial charge in [-0.1, -0.05) is 13.8 Å². The van der Waals surface area contributed by atoms with Crippen LogP contribution in [0.5, 0.6) is 0 Å². The van der Waals surface area contributed by atoms with Gasteiger partial charge >= 0.3 is 0 Å². The Bertz CT molecular complexity index is 270. The Morgan fingerprint density at radius 2 is 2.08 bits per heavy atom. The van der Waals surface area contributed by atoms with Crippen molar-refractivity contribution in [2.24, 2.45) is 11.7 Å². The van der Waals surface area contributed by atoms with E-state index in [-0.39, 0.29) is 6.04 Å². The summed E-state index contributed by atoms with van der Waals surface area (Å²) in [5.74, 6) is 1.20. The normalized spacial score (nSPS) is 13.3. The molecule has 0 radical (unpaired) electrons. The van der Waals surface area contributed by atoms with Crippen LogP contribution in [0.2, 0.25) is 0 Å². The first kappa shape index (κ1) is 10.1. The first-order valence-corrected chi connectivity index (χ1v) is 4.53. The number of rotatable bonds is 3. The van der Waals surface area contributed by atoms with Crippen LogP contribution in [0.3, 0.4) is 0 Å². The summed E-state index contributed by atoms with van der Waals surface area (Å²) in [7, 11) is 0. The molecule has 1 rings (SSSR count). The van der Waals surface area contributed by atoms with Crippen molar-refractivity contribution in [2.45, 2.75) is 33.2 Å². The first-order chi connectivity index (χ1) is 6.09. The van der Waals surface area contributed by atoms with Crippen LogP contribution in [-0.4, -0.2) is 15.2 Å². The highest BCUT2D eigenvalue weighted by atomic mass is 15.2. The molecule has 0 aliphatic heterocycles. The van der Waals surface area contributed by atoms with E-state index in [1.54, 1.807) is 6.20 Å². The number of nitrogens with two attached hydrogens (primary N) is 1. The molecular weight excluding hydrogens is 164 g/mol. The van der Waals surface area contributed by atoms with E-state index in [0.29, 0.717) is 11.7 Å². The molecule has 1 unspecified atom stereocenters. The van der Waals surface area contributed by atoms with E-state index in [9.17, 15) is 0 Å². The van der Waals surface area contributed by atoms with E-state index < -0.39 is 0 Å². The lowest BCUT2D eigenvalue weighted by molar-refractivity contribution is 0.612. The van der Waals surface area contributed by atoms with Crippen LogP contribution in [0.4, 0.5) is 0 Å². The minimum absolute atomic E-state index is 0.139. The van der Waals surface area contributed by atoms with Crippen molar-refractivity contribution in [3.63, 3.8) is 0 Å². The summed E-state index contributed by atoms with van der Waals surface area (Å²) < 4.78 is 0. The highest BCUT2D eigenvalue weighted by Crippen LogP contribution is 2.06. The van der Waals surface area contributed by atoms with Crippen molar-refractivity contribution in [3.05, 3.63) is 17.7 Å². The Kier molecular flexibility index (Phi) is 3.31. The number of aromatic nitrogens is 3. The predicted octanol–water partition coefficient (Wildman–Crippen LogP) is 1.09. The maximum atomic E-state index is 5.65. The number of hydrogen-bond acceptors (Lipinski definition) is 4. The van der Waals surface area contributed by atoms with Crippen molar-refractivity contribution in [1.29, 1.82) is 0 Å². The molecule has 72 valence electrons. The fraction of sp³-hybridized carbons (Fsp3) is 0.667. The molecule has 0 fully saturated rings. The van der Waals surface area contributed by atoms with Crippen molar-refractivity contribution in [3.8, 4) is 0 Å². The molecule has 0 spiro atoms. The zero-order valence-corrected chi connectivity index (χ0v) is 8.36. The summed E-state index contributed by atoms with van der Waals surface area (Å²) in [4.78, 5) is 4.31. The average molecular weight is 180 g/mol. The van der Waals surface area contributed by atoms with Gasteiger partial charge in [0.1, 0.15) is 0 Å². The summed E-state index contributed by atoms with van der Waals surface area (Å²) in [6, 6.07) is -0.139. The van der Waals surface area contributed by atoms with Gasteiger partial charge in [-0.25, -0.2) is 4.98 Å². The second kappa shape index (κ2) is 4.28. The lowest BCUT2D eigenvalue weighted by Gasteiger charge is -2.06. The van der Waals surface area contributed by atoms with Gasteiger partial charge in [0.05, 0.1) is 17.9 Å². The lowest BCUT2D eigenvalue weighted by atomic mass is 10.1. The summed E-state index contributed by atoms with van der Waals surface area (Å²) in [5, 5.41) is 7.73. The van der Waals surface area contributed by atoms with Gasteiger partial charge in [-0.3, -0.25) is 0 Å². The SMILES string of the molecule is CC(C)Cc1cnnc(C(C)N)n1. The van der Waals surface area contributed by atoms with Crippen LogP contribution in [0.15, 0.2) is 6.20 Å². The Labute approximate surface area is 78.6 Å². The van der Waals surface area contributed by atoms with E-state index in [1.165, 1.54) is 0 Å². The van der Waals surface area contributed by atoms with E-state index in [2.05, 4.69) is 29.0 Å². The van der Waals surface area contributed by atoms with Crippen LogP contribution >= 0.6 is 0 Å². The van der Waals surface area contributed by atoms with Gasteiger partial charge in [-0.05, 0) is 19.3 Å². The Morgan fingerprint density at radius 3 is 2.62 bits per heavy atom. The van der Waals surface area contributed by atoms with Crippen LogP contribution in [0, 0.1) is 5.92 Å². The number of hydrogen-bond donors (Lipinski definition) is 1. The van der Waals surface area contributed by atoms with Crippen LogP contribution in [-0.2, 0) is 6.42 Å². The quantitative estimate of drug-likeness (QED) is 0.756. The molecule has 0 saturated heterocycles. The van der Waals surface area contributed by atoms with Gasteiger partial charge in [0.25, 0.3) is 0 Å². The smallest absolute Gasteiger partial charge is 0.167 e. The molecule has 2 N–H and O–H groups in total. The maximum absolute atomic E-state index is 5.65. The predicted molar refractivity (Wildman–Crippen MR) is 51.0 cm³/mol. The molecule has 1 heterocycles. The summed E-state index contributed by atoms with van der Waals surface area (Å²) >= 11 is 0. The first-order valence-electron chi connectivity index (χ1n) is 4.53. The summed E-state index contributed by atoms with van der Waals surface area (Å²) in [6.07, 6.45) is 2.63. The van der Waals surface area contributed by atoms with Gasteiger partial charge in [-0.15, -0.1) is 5.10 Å². The van der Waals surface area contributed by atoms with Crippen LogP contribution in [0.25, 0.3) is 0 Å². The molecule has 4 heteroatoms. The second-order valence-electron chi connectivity index (χ2n) is 3.69. The lowest BCUT2D eigenvalue weighted by Crippen LogP contribution is -2.12. The largest absolute Gasteiger partial charge is 0.321 e. The number of nitrogens with zero attached hydrogens (tertiary/aromatic N) is 3. The van der Waals surface area contributed by atoms with Gasteiger partial charge in [0.2, 0.25) is 0 Å². The standard InChI is InChI=1S/C9H16N4/c1-6(2)4-8-5-11-13-9(12-8)7(3)10/h5-7H,4,10H2,1-3H3. The van der Waals surface area contributed by atoms with Crippen LogP contribution < -0.4 is 5.73 Å². The van der Waals surface area contributed by atoms with E-state index in [4.69, 9.17) is 5.73 Å². The van der Waals surface area contributed by atoms with Gasteiger partial charge in [-0.2, -0.15) is 5.10 Å². The Hall–Kier alpha value is -1.03. The third kappa shape index (κ3) is 3.06. The van der Waals surface area contributed by atoms with Crippen molar-refractivity contribution in [1.82, 2.24) is 15.2 Å². The molecule has 0 bridgehead atoms. The summed E-state index contributed by atoms with van der Waals surface area (Å²) in [5.41, 5.74) is 6.62. The van der Waals surface area contributed by atoms with Crippen molar-refractivity contribution < 1.29 is 0 Å². The Balaban J connectivity index is 2.79. The zero-order valence-electron chi connectivity index (χ0n) is 8.36. The van der Waals surface area contributed by atoms with Crippen molar-refractivity contribution in [2.75, 3.05) is 0 Å². The second-order valence-corrected chi connectivity index (χ2v) is 3.69. The highest BCUT2D eigenvalue weighted by molar-refractivity contribution is 4.99. The molecular formula is C9H16N4. The molecule has 0 aliphatic carbocycles. The molecule has 13 heavy (non-hydrogen) atoms. The van der Waals surface area contributed by atoms with Gasteiger partial charge in [0, 0.05) is 0 Å². The Morgan fingerprint density at radius 1 is 1.38 bits per heavy atom. The summed E-state index contributed by atoms with van der Waals surface area (Å²) in [6.45, 7) is 6.15.